The third kappa shape index (κ3) is 3.92. The van der Waals surface area contributed by atoms with Crippen molar-refractivity contribution < 1.29 is 5.11 Å². The second-order valence-corrected chi connectivity index (χ2v) is 8.81. The molecule has 4 aromatic heterocycles. The molecular weight excluding hydrogens is 438 g/mol. The molecule has 0 aliphatic heterocycles. The first kappa shape index (κ1) is 19.5. The molecule has 1 fully saturated rings. The van der Waals surface area contributed by atoms with E-state index in [0.29, 0.717) is 28.2 Å². The summed E-state index contributed by atoms with van der Waals surface area (Å²) in [6.45, 7) is 0. The maximum Gasteiger partial charge on any atom is 0.326 e. The maximum absolute atomic E-state index is 11.5. The monoisotopic (exact) mass is 457 g/mol. The molecule has 0 unspecified atom stereocenters. The summed E-state index contributed by atoms with van der Waals surface area (Å²) in [5, 5.41) is 20.4. The largest absolute Gasteiger partial charge is 0.493 e. The Morgan fingerprint density at radius 1 is 1.21 bits per heavy atom. The predicted molar refractivity (Wildman–Crippen MR) is 126 cm³/mol. The molecule has 10 heteroatoms. The van der Waals surface area contributed by atoms with Gasteiger partial charge >= 0.3 is 5.69 Å². The number of nitrogens with one attached hydrogen (secondary N) is 3. The first-order valence-corrected chi connectivity index (χ1v) is 11.4. The van der Waals surface area contributed by atoms with Crippen molar-refractivity contribution in [1.29, 1.82) is 0 Å². The van der Waals surface area contributed by atoms with E-state index in [1.807, 2.05) is 24.3 Å². The first-order valence-electron chi connectivity index (χ1n) is 10.5. The summed E-state index contributed by atoms with van der Waals surface area (Å²) in [5.41, 5.74) is 3.11. The molecule has 1 aromatic carbocycles. The molecule has 164 valence electrons. The summed E-state index contributed by atoms with van der Waals surface area (Å²) in [7, 11) is 0. The number of thiophene rings is 1. The smallest absolute Gasteiger partial charge is 0.326 e. The zero-order valence-corrected chi connectivity index (χ0v) is 18.1. The fraction of sp³-hybridized carbons (Fsp3) is 0.130. The van der Waals surface area contributed by atoms with Crippen molar-refractivity contribution in [3.05, 3.63) is 80.9 Å². The number of aromatic hydroxyl groups is 1. The van der Waals surface area contributed by atoms with Gasteiger partial charge in [-0.15, -0.1) is 11.3 Å². The molecular formula is C23H19N7O2S. The third-order valence-corrected chi connectivity index (χ3v) is 6.26. The van der Waals surface area contributed by atoms with Crippen LogP contribution in [0.25, 0.3) is 22.2 Å². The number of imidazole rings is 1. The zero-order valence-electron chi connectivity index (χ0n) is 17.3. The third-order valence-electron chi connectivity index (χ3n) is 5.34. The quantitative estimate of drug-likeness (QED) is 0.323. The molecule has 4 N–H and O–H groups in total. The van der Waals surface area contributed by atoms with Crippen LogP contribution in [0, 0.1) is 0 Å². The van der Waals surface area contributed by atoms with Gasteiger partial charge in [0, 0.05) is 21.8 Å². The molecule has 0 radical (unpaired) electrons. The average Bonchev–Trinajstić information content (AvgIpc) is 3.17. The molecule has 6 rings (SSSR count). The van der Waals surface area contributed by atoms with E-state index in [1.165, 1.54) is 4.88 Å². The highest BCUT2D eigenvalue weighted by Gasteiger charge is 2.20. The minimum atomic E-state index is -0.485. The van der Waals surface area contributed by atoms with Crippen LogP contribution >= 0.6 is 11.3 Å². The SMILES string of the molecule is O=c1[nH]c(O)c(/C=c2/cnn3c(=NC4CC4)cc(Nc4ccc(-c5cccs5)cc4)nc23)[nH]1. The summed E-state index contributed by atoms with van der Waals surface area (Å²) in [6, 6.07) is 14.5. The number of hydrogen-bond donors (Lipinski definition) is 4. The van der Waals surface area contributed by atoms with Gasteiger partial charge in [-0.05, 0) is 48.1 Å². The highest BCUT2D eigenvalue weighted by Crippen LogP contribution is 2.26. The average molecular weight is 458 g/mol. The molecule has 1 aliphatic carbocycles. The highest BCUT2D eigenvalue weighted by molar-refractivity contribution is 7.13. The van der Waals surface area contributed by atoms with E-state index in [2.05, 4.69) is 44.0 Å². The normalized spacial score (nSPS) is 14.9. The number of aromatic nitrogens is 5. The lowest BCUT2D eigenvalue weighted by Gasteiger charge is -2.07. The maximum atomic E-state index is 11.5. The molecule has 0 amide bonds. The Bertz CT molecular complexity index is 1630. The summed E-state index contributed by atoms with van der Waals surface area (Å²) in [4.78, 5) is 27.1. The zero-order chi connectivity index (χ0) is 22.4. The molecule has 1 saturated carbocycles. The Hall–Kier alpha value is -4.18. The number of benzene rings is 1. The topological polar surface area (TPSA) is 123 Å². The van der Waals surface area contributed by atoms with E-state index >= 15 is 0 Å². The second kappa shape index (κ2) is 7.75. The van der Waals surface area contributed by atoms with E-state index in [-0.39, 0.29) is 11.6 Å². The van der Waals surface area contributed by atoms with Crippen molar-refractivity contribution in [2.24, 2.45) is 4.99 Å². The number of fused-ring (bicyclic) bond motifs is 1. The Kier molecular flexibility index (Phi) is 4.58. The van der Waals surface area contributed by atoms with Crippen molar-refractivity contribution in [3.8, 4) is 16.3 Å². The second-order valence-electron chi connectivity index (χ2n) is 7.86. The first-order chi connectivity index (χ1) is 16.1. The highest BCUT2D eigenvalue weighted by atomic mass is 32.1. The van der Waals surface area contributed by atoms with Crippen LogP contribution < -0.4 is 21.7 Å². The summed E-state index contributed by atoms with van der Waals surface area (Å²) in [5.74, 6) is 0.398. The van der Waals surface area contributed by atoms with Crippen molar-refractivity contribution in [2.75, 3.05) is 5.32 Å². The van der Waals surface area contributed by atoms with Gasteiger partial charge in [0.05, 0.1) is 12.2 Å². The van der Waals surface area contributed by atoms with Crippen LogP contribution in [-0.2, 0) is 0 Å². The Balaban J connectivity index is 1.43. The van der Waals surface area contributed by atoms with E-state index in [4.69, 9.17) is 9.98 Å². The molecule has 5 aromatic rings. The van der Waals surface area contributed by atoms with Gasteiger partial charge in [0.25, 0.3) is 0 Å². The minimum absolute atomic E-state index is 0.234. The van der Waals surface area contributed by atoms with Gasteiger partial charge in [0.15, 0.2) is 11.1 Å². The fourth-order valence-electron chi connectivity index (χ4n) is 3.57. The van der Waals surface area contributed by atoms with E-state index in [9.17, 15) is 9.90 Å². The van der Waals surface area contributed by atoms with Gasteiger partial charge in [0.2, 0.25) is 5.88 Å². The lowest BCUT2D eigenvalue weighted by Crippen LogP contribution is -2.19. The Labute approximate surface area is 190 Å². The fourth-order valence-corrected chi connectivity index (χ4v) is 4.30. The number of H-pyrrole nitrogens is 2. The van der Waals surface area contributed by atoms with E-state index in [0.717, 1.165) is 24.1 Å². The lowest BCUT2D eigenvalue weighted by atomic mass is 10.2. The number of anilines is 2. The minimum Gasteiger partial charge on any atom is -0.493 e. The van der Waals surface area contributed by atoms with Crippen LogP contribution in [0.15, 0.2) is 63.8 Å². The van der Waals surface area contributed by atoms with Crippen molar-refractivity contribution >= 4 is 34.6 Å². The standard InChI is InChI=1S/C23H19N7O2S/c31-22-17(27-23(32)29-22)10-14-12-24-30-20(26-16-7-8-16)11-19(28-21(14)30)25-15-5-3-13(4-6-15)18-2-1-9-33-18/h1-6,9-12,16,25,31H,7-8H2,(H2,27,29,32)/b14-10-,26-20?. The van der Waals surface area contributed by atoms with Gasteiger partial charge in [-0.1, -0.05) is 18.2 Å². The Morgan fingerprint density at radius 3 is 2.76 bits per heavy atom. The van der Waals surface area contributed by atoms with E-state index < -0.39 is 5.69 Å². The van der Waals surface area contributed by atoms with Gasteiger partial charge in [-0.3, -0.25) is 9.98 Å². The number of aromatic amines is 2. The predicted octanol–water partition coefficient (Wildman–Crippen LogP) is 2.53. The van der Waals surface area contributed by atoms with Crippen molar-refractivity contribution in [1.82, 2.24) is 24.6 Å². The van der Waals surface area contributed by atoms with Crippen LogP contribution in [0.1, 0.15) is 18.5 Å². The molecule has 4 heterocycles. The molecule has 1 aliphatic rings. The van der Waals surface area contributed by atoms with Gasteiger partial charge in [0.1, 0.15) is 11.5 Å². The van der Waals surface area contributed by atoms with Gasteiger partial charge in [-0.2, -0.15) is 9.61 Å². The molecule has 9 nitrogen and oxygen atoms in total. The van der Waals surface area contributed by atoms with Crippen molar-refractivity contribution in [3.63, 3.8) is 0 Å². The molecule has 0 spiro atoms. The van der Waals surface area contributed by atoms with Crippen LogP contribution in [-0.4, -0.2) is 35.7 Å². The van der Waals surface area contributed by atoms with Gasteiger partial charge < -0.3 is 15.4 Å². The van der Waals surface area contributed by atoms with Crippen LogP contribution in [0.3, 0.4) is 0 Å². The van der Waals surface area contributed by atoms with Crippen molar-refractivity contribution in [2.45, 2.75) is 18.9 Å². The lowest BCUT2D eigenvalue weighted by molar-refractivity contribution is 0.454. The molecule has 0 saturated heterocycles. The number of hydrogen-bond acceptors (Lipinski definition) is 7. The number of rotatable bonds is 5. The summed E-state index contributed by atoms with van der Waals surface area (Å²) >= 11 is 1.71. The van der Waals surface area contributed by atoms with Crippen LogP contribution in [0.2, 0.25) is 0 Å². The Morgan fingerprint density at radius 2 is 2.06 bits per heavy atom. The molecule has 0 atom stereocenters. The van der Waals surface area contributed by atoms with E-state index in [1.54, 1.807) is 28.1 Å². The number of nitrogens with zero attached hydrogens (tertiary/aromatic N) is 4. The summed E-state index contributed by atoms with van der Waals surface area (Å²) < 4.78 is 1.68. The molecule has 33 heavy (non-hydrogen) atoms. The van der Waals surface area contributed by atoms with Crippen LogP contribution in [0.4, 0.5) is 11.5 Å². The molecule has 0 bridgehead atoms. The summed E-state index contributed by atoms with van der Waals surface area (Å²) in [6.07, 6.45) is 5.40. The van der Waals surface area contributed by atoms with Crippen LogP contribution in [0.5, 0.6) is 5.88 Å². The van der Waals surface area contributed by atoms with Gasteiger partial charge in [-0.25, -0.2) is 9.78 Å².